The van der Waals surface area contributed by atoms with Gasteiger partial charge in [-0.2, -0.15) is 0 Å². The van der Waals surface area contributed by atoms with Gasteiger partial charge in [0.05, 0.1) is 19.2 Å². The number of anilines is 1. The van der Waals surface area contributed by atoms with Crippen molar-refractivity contribution in [1.82, 2.24) is 5.16 Å². The lowest BCUT2D eigenvalue weighted by Crippen LogP contribution is -2.14. The van der Waals surface area contributed by atoms with Gasteiger partial charge in [0, 0.05) is 22.3 Å². The molecule has 3 aromatic rings. The highest BCUT2D eigenvalue weighted by molar-refractivity contribution is 6.31. The Morgan fingerprint density at radius 3 is 2.64 bits per heavy atom. The highest BCUT2D eigenvalue weighted by atomic mass is 35.5. The third kappa shape index (κ3) is 4.19. The molecule has 0 unspecified atom stereocenters. The summed E-state index contributed by atoms with van der Waals surface area (Å²) >= 11 is 6.06. The van der Waals surface area contributed by atoms with Crippen LogP contribution in [0, 0.1) is 6.92 Å². The fourth-order valence-corrected chi connectivity index (χ4v) is 2.51. The Balaban J connectivity index is 1.65. The Hall–Kier alpha value is -2.79. The smallest absolute Gasteiger partial charge is 0.230 e. The van der Waals surface area contributed by atoms with Gasteiger partial charge >= 0.3 is 0 Å². The Kier molecular flexibility index (Phi) is 5.05. The highest BCUT2D eigenvalue weighted by Gasteiger charge is 2.11. The number of hydrogen-bond donors (Lipinski definition) is 1. The molecule has 0 aliphatic carbocycles. The number of ether oxygens (including phenoxy) is 1. The van der Waals surface area contributed by atoms with Crippen molar-refractivity contribution in [3.63, 3.8) is 0 Å². The summed E-state index contributed by atoms with van der Waals surface area (Å²) in [6, 6.07) is 14.6. The van der Waals surface area contributed by atoms with Crippen molar-refractivity contribution in [2.75, 3.05) is 12.4 Å². The summed E-state index contributed by atoms with van der Waals surface area (Å²) in [5.74, 6) is 1.18. The molecule has 5 nitrogen and oxygen atoms in total. The van der Waals surface area contributed by atoms with Gasteiger partial charge in [-0.1, -0.05) is 22.8 Å². The summed E-state index contributed by atoms with van der Waals surface area (Å²) in [6.07, 6.45) is 0.116. The first-order valence-corrected chi connectivity index (χ1v) is 8.09. The van der Waals surface area contributed by atoms with Gasteiger partial charge in [-0.25, -0.2) is 0 Å². The lowest BCUT2D eigenvalue weighted by molar-refractivity contribution is -0.115. The van der Waals surface area contributed by atoms with Gasteiger partial charge in [0.15, 0.2) is 5.76 Å². The summed E-state index contributed by atoms with van der Waals surface area (Å²) in [5.41, 5.74) is 3.03. The maximum Gasteiger partial charge on any atom is 0.230 e. The zero-order valence-corrected chi connectivity index (χ0v) is 14.6. The van der Waals surface area contributed by atoms with E-state index in [9.17, 15) is 4.79 Å². The van der Waals surface area contributed by atoms with Crippen LogP contribution in [0.4, 0.5) is 5.69 Å². The average molecular weight is 357 g/mol. The monoisotopic (exact) mass is 356 g/mol. The number of carbonyl (C=O) groups is 1. The second-order valence-corrected chi connectivity index (χ2v) is 6.01. The molecule has 1 heterocycles. The minimum atomic E-state index is -0.186. The number of amides is 1. The molecule has 0 fully saturated rings. The first kappa shape index (κ1) is 17.0. The molecule has 0 saturated carbocycles. The van der Waals surface area contributed by atoms with Crippen LogP contribution in [0.5, 0.6) is 5.75 Å². The summed E-state index contributed by atoms with van der Waals surface area (Å²) in [6.45, 7) is 1.91. The van der Waals surface area contributed by atoms with Gasteiger partial charge in [-0.3, -0.25) is 4.79 Å². The minimum Gasteiger partial charge on any atom is -0.497 e. The van der Waals surface area contributed by atoms with E-state index in [1.54, 1.807) is 19.2 Å². The number of benzene rings is 2. The molecule has 0 spiro atoms. The van der Waals surface area contributed by atoms with Crippen molar-refractivity contribution < 1.29 is 14.1 Å². The van der Waals surface area contributed by atoms with Crippen LogP contribution in [-0.4, -0.2) is 18.2 Å². The molecule has 0 atom stereocenters. The van der Waals surface area contributed by atoms with Gasteiger partial charge in [0.1, 0.15) is 5.75 Å². The van der Waals surface area contributed by atoms with Gasteiger partial charge < -0.3 is 14.6 Å². The summed E-state index contributed by atoms with van der Waals surface area (Å²) in [4.78, 5) is 12.2. The minimum absolute atomic E-state index is 0.116. The zero-order valence-electron chi connectivity index (χ0n) is 13.9. The van der Waals surface area contributed by atoms with Crippen molar-refractivity contribution in [3.05, 3.63) is 64.8 Å². The van der Waals surface area contributed by atoms with E-state index in [0.29, 0.717) is 22.2 Å². The molecule has 128 valence electrons. The van der Waals surface area contributed by atoms with Crippen molar-refractivity contribution in [2.24, 2.45) is 0 Å². The van der Waals surface area contributed by atoms with Crippen molar-refractivity contribution >= 4 is 23.2 Å². The van der Waals surface area contributed by atoms with Crippen molar-refractivity contribution in [1.29, 1.82) is 0 Å². The Labute approximate surface area is 150 Å². The van der Waals surface area contributed by atoms with Gasteiger partial charge in [0.2, 0.25) is 5.91 Å². The molecule has 0 aliphatic heterocycles. The van der Waals surface area contributed by atoms with E-state index >= 15 is 0 Å². The topological polar surface area (TPSA) is 64.4 Å². The predicted octanol–water partition coefficient (Wildman–Crippen LogP) is 4.49. The molecule has 0 radical (unpaired) electrons. The van der Waals surface area contributed by atoms with E-state index in [2.05, 4.69) is 10.5 Å². The molecule has 0 bridgehead atoms. The third-order valence-corrected chi connectivity index (χ3v) is 4.14. The van der Waals surface area contributed by atoms with Gasteiger partial charge in [-0.05, 0) is 48.9 Å². The van der Waals surface area contributed by atoms with Gasteiger partial charge in [-0.15, -0.1) is 0 Å². The Morgan fingerprint density at radius 2 is 1.96 bits per heavy atom. The number of halogens is 1. The number of carbonyl (C=O) groups excluding carboxylic acids is 1. The van der Waals surface area contributed by atoms with Crippen LogP contribution < -0.4 is 10.1 Å². The zero-order chi connectivity index (χ0) is 17.8. The van der Waals surface area contributed by atoms with Crippen molar-refractivity contribution in [3.8, 4) is 17.1 Å². The molecule has 0 aliphatic rings. The predicted molar refractivity (Wildman–Crippen MR) is 97.0 cm³/mol. The van der Waals surface area contributed by atoms with Crippen molar-refractivity contribution in [2.45, 2.75) is 13.3 Å². The molecular formula is C19H17ClN2O3. The molecule has 1 amide bonds. The first-order valence-electron chi connectivity index (χ1n) is 7.71. The maximum absolute atomic E-state index is 12.2. The normalized spacial score (nSPS) is 10.5. The van der Waals surface area contributed by atoms with E-state index in [1.807, 2.05) is 43.3 Å². The van der Waals surface area contributed by atoms with E-state index in [4.69, 9.17) is 20.9 Å². The van der Waals surface area contributed by atoms with E-state index in [0.717, 1.165) is 16.9 Å². The van der Waals surface area contributed by atoms with Crippen LogP contribution in [-0.2, 0) is 11.2 Å². The lowest BCUT2D eigenvalue weighted by Gasteiger charge is -2.05. The number of aromatic nitrogens is 1. The van der Waals surface area contributed by atoms with E-state index in [1.165, 1.54) is 0 Å². The number of hydrogen-bond acceptors (Lipinski definition) is 4. The van der Waals surface area contributed by atoms with E-state index in [-0.39, 0.29) is 12.3 Å². The molecule has 2 aromatic carbocycles. The second kappa shape index (κ2) is 7.40. The fourth-order valence-electron chi connectivity index (χ4n) is 2.33. The summed E-state index contributed by atoms with van der Waals surface area (Å²) in [5, 5.41) is 7.37. The summed E-state index contributed by atoms with van der Waals surface area (Å²) in [7, 11) is 1.61. The number of rotatable bonds is 5. The molecule has 25 heavy (non-hydrogen) atoms. The second-order valence-electron chi connectivity index (χ2n) is 5.60. The number of aryl methyl sites for hydroxylation is 1. The van der Waals surface area contributed by atoms with Crippen LogP contribution in [0.15, 0.2) is 53.1 Å². The van der Waals surface area contributed by atoms with Crippen LogP contribution in [0.2, 0.25) is 5.02 Å². The van der Waals surface area contributed by atoms with Crippen LogP contribution in [0.3, 0.4) is 0 Å². The third-order valence-electron chi connectivity index (χ3n) is 3.73. The number of nitrogens with one attached hydrogen (secondary N) is 1. The van der Waals surface area contributed by atoms with Gasteiger partial charge in [0.25, 0.3) is 0 Å². The quantitative estimate of drug-likeness (QED) is 0.731. The highest BCUT2D eigenvalue weighted by Crippen LogP contribution is 2.24. The molecule has 0 saturated heterocycles. The Bertz CT molecular complexity index is 888. The SMILES string of the molecule is COc1ccc(-c2cc(CC(=O)Nc3ccc(C)c(Cl)c3)no2)cc1. The standard InChI is InChI=1S/C19H17ClN2O3/c1-12-3-6-14(9-17(12)20)21-19(23)11-15-10-18(25-22-15)13-4-7-16(24-2)8-5-13/h3-10H,11H2,1-2H3,(H,21,23). The molecule has 6 heteroatoms. The largest absolute Gasteiger partial charge is 0.497 e. The molecule has 3 rings (SSSR count). The average Bonchev–Trinajstić information content (AvgIpc) is 3.06. The molecule has 1 N–H and O–H groups in total. The fraction of sp³-hybridized carbons (Fsp3) is 0.158. The Morgan fingerprint density at radius 1 is 1.20 bits per heavy atom. The van der Waals surface area contributed by atoms with Crippen LogP contribution in [0.25, 0.3) is 11.3 Å². The molecular weight excluding hydrogens is 340 g/mol. The summed E-state index contributed by atoms with van der Waals surface area (Å²) < 4.78 is 10.4. The first-order chi connectivity index (χ1) is 12.0. The number of methoxy groups -OCH3 is 1. The number of nitrogens with zero attached hydrogens (tertiary/aromatic N) is 1. The van der Waals surface area contributed by atoms with Crippen LogP contribution in [0.1, 0.15) is 11.3 Å². The maximum atomic E-state index is 12.2. The molecule has 1 aromatic heterocycles. The lowest BCUT2D eigenvalue weighted by atomic mass is 10.1. The van der Waals surface area contributed by atoms with E-state index < -0.39 is 0 Å². The van der Waals surface area contributed by atoms with Crippen LogP contribution >= 0.6 is 11.6 Å².